The highest BCUT2D eigenvalue weighted by Crippen LogP contribution is 2.16. The van der Waals surface area contributed by atoms with Crippen molar-refractivity contribution < 1.29 is 14.3 Å². The van der Waals surface area contributed by atoms with Crippen molar-refractivity contribution in [1.29, 1.82) is 0 Å². The number of Topliss-reactive ketones (excluding diaryl/α,β-unsaturated/α-hetero) is 1. The molecule has 0 saturated carbocycles. The van der Waals surface area contributed by atoms with Crippen LogP contribution in [0.1, 0.15) is 33.1 Å². The monoisotopic (exact) mass is 264 g/mol. The molecule has 0 bridgehead atoms. The van der Waals surface area contributed by atoms with Crippen LogP contribution in [0.15, 0.2) is 0 Å². The van der Waals surface area contributed by atoms with Crippen molar-refractivity contribution in [3.8, 4) is 0 Å². The maximum Gasteiger partial charge on any atom is 0.316 e. The van der Waals surface area contributed by atoms with E-state index in [1.807, 2.05) is 6.92 Å². The molecule has 0 aliphatic heterocycles. The SMILES string of the molecule is CCCCC(C(=O)OC)C(=O)C(C)Br. The molecular formula is C10H17BrO3. The van der Waals surface area contributed by atoms with Gasteiger partial charge in [0.15, 0.2) is 5.78 Å². The van der Waals surface area contributed by atoms with Gasteiger partial charge in [0.2, 0.25) is 0 Å². The van der Waals surface area contributed by atoms with Gasteiger partial charge in [-0.3, -0.25) is 9.59 Å². The molecule has 2 unspecified atom stereocenters. The summed E-state index contributed by atoms with van der Waals surface area (Å²) in [4.78, 5) is 22.6. The average molecular weight is 265 g/mol. The molecule has 0 aromatic rings. The van der Waals surface area contributed by atoms with Gasteiger partial charge >= 0.3 is 5.97 Å². The standard InChI is InChI=1S/C10H17BrO3/c1-4-5-6-8(10(13)14-3)9(12)7(2)11/h7-8H,4-6H2,1-3H3. The molecule has 0 aromatic carbocycles. The molecule has 14 heavy (non-hydrogen) atoms. The Morgan fingerprint density at radius 3 is 2.36 bits per heavy atom. The van der Waals surface area contributed by atoms with Crippen LogP contribution in [0.25, 0.3) is 0 Å². The Hall–Kier alpha value is -0.380. The Kier molecular flexibility index (Phi) is 6.79. The van der Waals surface area contributed by atoms with E-state index >= 15 is 0 Å². The summed E-state index contributed by atoms with van der Waals surface area (Å²) in [5, 5.41) is 0. The fourth-order valence-corrected chi connectivity index (χ4v) is 1.52. The van der Waals surface area contributed by atoms with E-state index in [1.165, 1.54) is 7.11 Å². The minimum Gasteiger partial charge on any atom is -0.468 e. The lowest BCUT2D eigenvalue weighted by Crippen LogP contribution is -2.29. The summed E-state index contributed by atoms with van der Waals surface area (Å²) in [6.45, 7) is 3.75. The van der Waals surface area contributed by atoms with E-state index in [-0.39, 0.29) is 10.6 Å². The molecule has 0 fully saturated rings. The zero-order valence-electron chi connectivity index (χ0n) is 8.88. The van der Waals surface area contributed by atoms with E-state index in [0.717, 1.165) is 12.8 Å². The topological polar surface area (TPSA) is 43.4 Å². The van der Waals surface area contributed by atoms with Gasteiger partial charge in [-0.25, -0.2) is 0 Å². The number of unbranched alkanes of at least 4 members (excludes halogenated alkanes) is 1. The first-order valence-electron chi connectivity index (χ1n) is 4.80. The Bertz CT molecular complexity index is 202. The van der Waals surface area contributed by atoms with E-state index in [1.54, 1.807) is 6.92 Å². The van der Waals surface area contributed by atoms with Gasteiger partial charge in [-0.15, -0.1) is 0 Å². The number of methoxy groups -OCH3 is 1. The average Bonchev–Trinajstić information content (AvgIpc) is 2.17. The first-order chi connectivity index (χ1) is 6.54. The number of hydrogen-bond acceptors (Lipinski definition) is 3. The van der Waals surface area contributed by atoms with Crippen LogP contribution < -0.4 is 0 Å². The fraction of sp³-hybridized carbons (Fsp3) is 0.800. The molecule has 0 heterocycles. The highest BCUT2D eigenvalue weighted by atomic mass is 79.9. The van der Waals surface area contributed by atoms with Crippen LogP contribution in [0, 0.1) is 5.92 Å². The van der Waals surface area contributed by atoms with Crippen LogP contribution in [0.5, 0.6) is 0 Å². The van der Waals surface area contributed by atoms with Crippen LogP contribution in [-0.2, 0) is 14.3 Å². The third-order valence-corrected chi connectivity index (χ3v) is 2.52. The Balaban J connectivity index is 4.38. The summed E-state index contributed by atoms with van der Waals surface area (Å²) in [7, 11) is 1.31. The summed E-state index contributed by atoms with van der Waals surface area (Å²) in [5.41, 5.74) is 0. The van der Waals surface area contributed by atoms with Gasteiger partial charge in [0.05, 0.1) is 11.9 Å². The van der Waals surface area contributed by atoms with Crippen LogP contribution >= 0.6 is 15.9 Å². The number of hydrogen-bond donors (Lipinski definition) is 0. The molecule has 0 aliphatic carbocycles. The van der Waals surface area contributed by atoms with Crippen molar-refractivity contribution in [3.63, 3.8) is 0 Å². The lowest BCUT2D eigenvalue weighted by atomic mass is 9.96. The van der Waals surface area contributed by atoms with Gasteiger partial charge in [-0.2, -0.15) is 0 Å². The minimum absolute atomic E-state index is 0.0923. The van der Waals surface area contributed by atoms with Crippen molar-refractivity contribution >= 4 is 27.7 Å². The second-order valence-corrected chi connectivity index (χ2v) is 4.61. The number of ether oxygens (including phenoxy) is 1. The Morgan fingerprint density at radius 1 is 1.43 bits per heavy atom. The number of ketones is 1. The molecule has 0 aliphatic rings. The van der Waals surface area contributed by atoms with Crippen molar-refractivity contribution in [2.45, 2.75) is 37.9 Å². The quantitative estimate of drug-likeness (QED) is 0.420. The second kappa shape index (κ2) is 6.98. The molecule has 0 rings (SSSR count). The molecule has 0 amide bonds. The van der Waals surface area contributed by atoms with Crippen molar-refractivity contribution in [3.05, 3.63) is 0 Å². The third-order valence-electron chi connectivity index (χ3n) is 2.07. The van der Waals surface area contributed by atoms with E-state index in [4.69, 9.17) is 0 Å². The summed E-state index contributed by atoms with van der Waals surface area (Å²) >= 11 is 3.17. The first-order valence-corrected chi connectivity index (χ1v) is 5.71. The van der Waals surface area contributed by atoms with Gasteiger partial charge in [-0.05, 0) is 13.3 Å². The fourth-order valence-electron chi connectivity index (χ4n) is 1.20. The lowest BCUT2D eigenvalue weighted by molar-refractivity contribution is -0.149. The summed E-state index contributed by atoms with van der Waals surface area (Å²) in [6.07, 6.45) is 2.42. The molecule has 2 atom stereocenters. The largest absolute Gasteiger partial charge is 0.468 e. The number of esters is 1. The maximum absolute atomic E-state index is 11.6. The van der Waals surface area contributed by atoms with Crippen LogP contribution in [0.3, 0.4) is 0 Å². The molecular weight excluding hydrogens is 248 g/mol. The molecule has 0 aromatic heterocycles. The molecule has 82 valence electrons. The molecule has 0 N–H and O–H groups in total. The number of carbonyl (C=O) groups is 2. The van der Waals surface area contributed by atoms with E-state index in [0.29, 0.717) is 6.42 Å². The Morgan fingerprint density at radius 2 is 2.00 bits per heavy atom. The van der Waals surface area contributed by atoms with Gasteiger partial charge in [-0.1, -0.05) is 35.7 Å². The molecule has 4 heteroatoms. The number of rotatable bonds is 6. The van der Waals surface area contributed by atoms with Gasteiger partial charge in [0.1, 0.15) is 5.92 Å². The number of carbonyl (C=O) groups excluding carboxylic acids is 2. The summed E-state index contributed by atoms with van der Waals surface area (Å²) in [6, 6.07) is 0. The molecule has 0 spiro atoms. The molecule has 3 nitrogen and oxygen atoms in total. The van der Waals surface area contributed by atoms with E-state index in [9.17, 15) is 9.59 Å². The Labute approximate surface area is 93.3 Å². The van der Waals surface area contributed by atoms with Crippen molar-refractivity contribution in [2.75, 3.05) is 7.11 Å². The first kappa shape index (κ1) is 13.6. The van der Waals surface area contributed by atoms with E-state index in [2.05, 4.69) is 20.7 Å². The zero-order valence-corrected chi connectivity index (χ0v) is 10.5. The second-order valence-electron chi connectivity index (χ2n) is 3.24. The highest BCUT2D eigenvalue weighted by molar-refractivity contribution is 9.10. The summed E-state index contributed by atoms with van der Waals surface area (Å²) < 4.78 is 4.60. The van der Waals surface area contributed by atoms with Gasteiger partial charge in [0.25, 0.3) is 0 Å². The predicted octanol–water partition coefficient (Wildman–Crippen LogP) is 2.32. The molecule has 0 saturated heterocycles. The normalized spacial score (nSPS) is 14.6. The smallest absolute Gasteiger partial charge is 0.316 e. The van der Waals surface area contributed by atoms with Crippen LogP contribution in [0.2, 0.25) is 0 Å². The van der Waals surface area contributed by atoms with Crippen LogP contribution in [0.4, 0.5) is 0 Å². The number of alkyl halides is 1. The van der Waals surface area contributed by atoms with Crippen molar-refractivity contribution in [1.82, 2.24) is 0 Å². The van der Waals surface area contributed by atoms with Gasteiger partial charge < -0.3 is 4.74 Å². The predicted molar refractivity (Wildman–Crippen MR) is 58.4 cm³/mol. The molecule has 0 radical (unpaired) electrons. The van der Waals surface area contributed by atoms with Crippen LogP contribution in [-0.4, -0.2) is 23.7 Å². The van der Waals surface area contributed by atoms with Gasteiger partial charge in [0, 0.05) is 0 Å². The lowest BCUT2D eigenvalue weighted by Gasteiger charge is -2.14. The van der Waals surface area contributed by atoms with E-state index < -0.39 is 11.9 Å². The zero-order chi connectivity index (χ0) is 11.1. The van der Waals surface area contributed by atoms with Crippen molar-refractivity contribution in [2.24, 2.45) is 5.92 Å². The number of halogens is 1. The minimum atomic E-state index is -0.602. The third kappa shape index (κ3) is 4.22. The highest BCUT2D eigenvalue weighted by Gasteiger charge is 2.29. The summed E-state index contributed by atoms with van der Waals surface area (Å²) in [5.74, 6) is -1.12. The maximum atomic E-state index is 11.6.